The van der Waals surface area contributed by atoms with Crippen molar-refractivity contribution in [3.63, 3.8) is 0 Å². The monoisotopic (exact) mass is 411 g/mol. The largest absolute Gasteiger partial charge is 0.346 e. The minimum atomic E-state index is -0.348. The van der Waals surface area contributed by atoms with E-state index in [0.29, 0.717) is 27.2 Å². The summed E-state index contributed by atoms with van der Waals surface area (Å²) in [6, 6.07) is 9.80. The molecule has 0 spiro atoms. The second kappa shape index (κ2) is 7.75. The number of hydrogen-bond acceptors (Lipinski definition) is 4. The lowest BCUT2D eigenvalue weighted by Gasteiger charge is -2.33. The van der Waals surface area contributed by atoms with E-state index in [4.69, 9.17) is 0 Å². The Morgan fingerprint density at radius 2 is 1.79 bits per heavy atom. The van der Waals surface area contributed by atoms with Crippen molar-refractivity contribution in [1.82, 2.24) is 14.9 Å². The van der Waals surface area contributed by atoms with Crippen LogP contribution in [0.5, 0.6) is 0 Å². The Morgan fingerprint density at radius 3 is 2.41 bits per heavy atom. The molecular weight excluding hydrogens is 382 g/mol. The summed E-state index contributed by atoms with van der Waals surface area (Å²) in [6.45, 7) is 12.8. The molecule has 1 N–H and O–H groups in total. The highest BCUT2D eigenvalue weighted by molar-refractivity contribution is 7.20. The molecule has 1 amide bonds. The molecule has 5 nitrogen and oxygen atoms in total. The number of hydrogen-bond donors (Lipinski definition) is 1. The van der Waals surface area contributed by atoms with E-state index in [1.165, 1.54) is 11.3 Å². The number of nitrogens with zero attached hydrogens (tertiary/aromatic N) is 2. The molecule has 29 heavy (non-hydrogen) atoms. The van der Waals surface area contributed by atoms with E-state index in [-0.39, 0.29) is 22.4 Å². The first-order chi connectivity index (χ1) is 13.5. The van der Waals surface area contributed by atoms with Crippen LogP contribution in [0.15, 0.2) is 41.5 Å². The maximum atomic E-state index is 13.1. The van der Waals surface area contributed by atoms with E-state index >= 15 is 0 Å². The van der Waals surface area contributed by atoms with Crippen LogP contribution in [0.1, 0.15) is 61.8 Å². The third kappa shape index (κ3) is 4.93. The van der Waals surface area contributed by atoms with Crippen LogP contribution >= 0.6 is 11.3 Å². The zero-order valence-electron chi connectivity index (χ0n) is 18.0. The number of aromatic nitrogens is 2. The normalized spacial score (nSPS) is 12.3. The average molecular weight is 412 g/mol. The highest BCUT2D eigenvalue weighted by Gasteiger charge is 2.29. The predicted octanol–water partition coefficient (Wildman–Crippen LogP) is 4.76. The molecule has 3 rings (SSSR count). The van der Waals surface area contributed by atoms with E-state index in [2.05, 4.69) is 31.1 Å². The number of carbonyl (C=O) groups is 1. The Labute approximate surface area is 175 Å². The minimum Gasteiger partial charge on any atom is -0.346 e. The van der Waals surface area contributed by atoms with Crippen LogP contribution in [0.4, 0.5) is 0 Å². The number of nitrogens with one attached hydrogen (secondary N) is 1. The van der Waals surface area contributed by atoms with Crippen molar-refractivity contribution in [3.05, 3.63) is 63.0 Å². The number of carbonyl (C=O) groups excluding carboxylic acids is 1. The van der Waals surface area contributed by atoms with Crippen LogP contribution in [-0.4, -0.2) is 21.0 Å². The van der Waals surface area contributed by atoms with Crippen molar-refractivity contribution in [3.8, 4) is 0 Å². The van der Waals surface area contributed by atoms with Crippen LogP contribution < -0.4 is 10.9 Å². The molecule has 0 saturated heterocycles. The molecule has 0 bridgehead atoms. The Bertz CT molecular complexity index is 1090. The number of benzene rings is 1. The molecule has 6 heteroatoms. The van der Waals surface area contributed by atoms with Gasteiger partial charge >= 0.3 is 0 Å². The van der Waals surface area contributed by atoms with Crippen molar-refractivity contribution in [1.29, 1.82) is 0 Å². The first-order valence-electron chi connectivity index (χ1n) is 9.82. The van der Waals surface area contributed by atoms with Crippen LogP contribution in [0.2, 0.25) is 0 Å². The van der Waals surface area contributed by atoms with Gasteiger partial charge in [-0.2, -0.15) is 0 Å². The van der Waals surface area contributed by atoms with Gasteiger partial charge in [0.05, 0.1) is 23.1 Å². The van der Waals surface area contributed by atoms with Gasteiger partial charge in [-0.25, -0.2) is 4.98 Å². The van der Waals surface area contributed by atoms with Crippen molar-refractivity contribution >= 4 is 27.5 Å². The van der Waals surface area contributed by atoms with Crippen LogP contribution in [-0.2, 0) is 6.54 Å². The highest BCUT2D eigenvalue weighted by atomic mass is 32.1. The molecule has 2 heterocycles. The number of aryl methyl sites for hydroxylation is 1. The summed E-state index contributed by atoms with van der Waals surface area (Å²) in [5.41, 5.74) is 1.37. The summed E-state index contributed by atoms with van der Waals surface area (Å²) in [6.07, 6.45) is 2.41. The van der Waals surface area contributed by atoms with Crippen LogP contribution in [0.25, 0.3) is 10.2 Å². The quantitative estimate of drug-likeness (QED) is 0.658. The molecule has 0 radical (unpaired) electrons. The molecule has 0 aliphatic carbocycles. The fourth-order valence-corrected chi connectivity index (χ4v) is 5.04. The topological polar surface area (TPSA) is 64.0 Å². The number of rotatable bonds is 5. The lowest BCUT2D eigenvalue weighted by Crippen LogP contribution is -2.45. The summed E-state index contributed by atoms with van der Waals surface area (Å²) >= 11 is 1.28. The smallest absolute Gasteiger partial charge is 0.262 e. The molecule has 0 fully saturated rings. The van der Waals surface area contributed by atoms with E-state index in [9.17, 15) is 9.59 Å². The SMILES string of the molecule is Cc1c(C(=O)NC(C)(C)CC(C)(C)C)sc2ncn(Cc3ccccc3)c(=O)c12. The molecule has 0 aliphatic rings. The third-order valence-corrected chi connectivity index (χ3v) is 5.94. The molecule has 0 saturated carbocycles. The van der Waals surface area contributed by atoms with Gasteiger partial charge in [0.1, 0.15) is 4.83 Å². The molecule has 0 atom stereocenters. The minimum absolute atomic E-state index is 0.0959. The predicted molar refractivity (Wildman–Crippen MR) is 120 cm³/mol. The van der Waals surface area contributed by atoms with Crippen molar-refractivity contribution in [2.45, 2.75) is 60.0 Å². The fourth-order valence-electron chi connectivity index (χ4n) is 4.00. The Kier molecular flexibility index (Phi) is 5.68. The third-order valence-electron chi connectivity index (χ3n) is 4.74. The van der Waals surface area contributed by atoms with E-state index in [0.717, 1.165) is 12.0 Å². The maximum absolute atomic E-state index is 13.1. The number of thiophene rings is 1. The summed E-state index contributed by atoms with van der Waals surface area (Å²) in [7, 11) is 0. The number of amides is 1. The lowest BCUT2D eigenvalue weighted by atomic mass is 9.82. The first kappa shape index (κ1) is 21.2. The van der Waals surface area contributed by atoms with E-state index in [1.54, 1.807) is 10.9 Å². The van der Waals surface area contributed by atoms with Gasteiger partial charge in [0.2, 0.25) is 0 Å². The molecule has 2 aromatic heterocycles. The van der Waals surface area contributed by atoms with Crippen molar-refractivity contribution in [2.24, 2.45) is 5.41 Å². The molecule has 154 valence electrons. The van der Waals surface area contributed by atoms with Gasteiger partial charge in [-0.3, -0.25) is 14.2 Å². The fraction of sp³-hybridized carbons (Fsp3) is 0.435. The molecule has 0 unspecified atom stereocenters. The van der Waals surface area contributed by atoms with Gasteiger partial charge in [-0.1, -0.05) is 51.1 Å². The van der Waals surface area contributed by atoms with Crippen LogP contribution in [0.3, 0.4) is 0 Å². The number of fused-ring (bicyclic) bond motifs is 1. The van der Waals surface area contributed by atoms with Gasteiger partial charge in [-0.05, 0) is 43.7 Å². The van der Waals surface area contributed by atoms with Crippen molar-refractivity contribution in [2.75, 3.05) is 0 Å². The summed E-state index contributed by atoms with van der Waals surface area (Å²) in [4.78, 5) is 31.7. The molecule has 1 aromatic carbocycles. The van der Waals surface area contributed by atoms with E-state index < -0.39 is 0 Å². The van der Waals surface area contributed by atoms with Gasteiger partial charge in [-0.15, -0.1) is 11.3 Å². The maximum Gasteiger partial charge on any atom is 0.262 e. The zero-order valence-corrected chi connectivity index (χ0v) is 18.8. The summed E-state index contributed by atoms with van der Waals surface area (Å²) in [5, 5.41) is 3.67. The lowest BCUT2D eigenvalue weighted by molar-refractivity contribution is 0.0895. The Morgan fingerprint density at radius 1 is 1.14 bits per heavy atom. The highest BCUT2D eigenvalue weighted by Crippen LogP contribution is 2.30. The van der Waals surface area contributed by atoms with Crippen molar-refractivity contribution < 1.29 is 4.79 Å². The molecule has 0 aliphatic heterocycles. The molecular formula is C23H29N3O2S. The van der Waals surface area contributed by atoms with Crippen LogP contribution in [0, 0.1) is 12.3 Å². The second-order valence-corrected chi connectivity index (χ2v) is 10.5. The zero-order chi connectivity index (χ0) is 21.4. The van der Waals surface area contributed by atoms with Gasteiger partial charge in [0.15, 0.2) is 0 Å². The Hall–Kier alpha value is -2.47. The summed E-state index contributed by atoms with van der Waals surface area (Å²) in [5.74, 6) is -0.145. The molecule has 3 aromatic rings. The van der Waals surface area contributed by atoms with Gasteiger partial charge in [0.25, 0.3) is 11.5 Å². The van der Waals surface area contributed by atoms with E-state index in [1.807, 2.05) is 51.1 Å². The van der Waals surface area contributed by atoms with Gasteiger partial charge < -0.3 is 5.32 Å². The summed E-state index contributed by atoms with van der Waals surface area (Å²) < 4.78 is 1.60. The Balaban J connectivity index is 1.93. The first-order valence-corrected chi connectivity index (χ1v) is 10.6. The van der Waals surface area contributed by atoms with Gasteiger partial charge in [0, 0.05) is 5.54 Å². The second-order valence-electron chi connectivity index (χ2n) is 9.48. The standard InChI is InChI=1S/C23H29N3O2S/c1-15-17-20(24-14-26(21(17)28)12-16-10-8-7-9-11-16)29-18(15)19(27)25-23(5,6)13-22(2,3)4/h7-11,14H,12-13H2,1-6H3,(H,25,27). The average Bonchev–Trinajstić information content (AvgIpc) is 2.93.